The van der Waals surface area contributed by atoms with Crippen molar-refractivity contribution < 1.29 is 61.5 Å². The first-order valence-corrected chi connectivity index (χ1v) is 30.5. The minimum absolute atomic E-state index is 0.0325. The fraction of sp³-hybridized carbons (Fsp3) is 0.190. The van der Waals surface area contributed by atoms with Gasteiger partial charge in [0.05, 0.1) is 52.4 Å². The molecule has 4 aliphatic rings. The van der Waals surface area contributed by atoms with Crippen LogP contribution in [-0.2, 0) is 33.4 Å². The third-order valence-electron chi connectivity index (χ3n) is 16.3. The van der Waals surface area contributed by atoms with Gasteiger partial charge in [-0.2, -0.15) is 0 Å². The van der Waals surface area contributed by atoms with Gasteiger partial charge in [0.2, 0.25) is 5.91 Å². The fourth-order valence-corrected chi connectivity index (χ4v) is 11.6. The van der Waals surface area contributed by atoms with Gasteiger partial charge in [-0.15, -0.1) is 0 Å². The molecule has 0 unspecified atom stereocenters. The highest BCUT2D eigenvalue weighted by Gasteiger charge is 2.30. The number of hydrogen-bond donors (Lipinski definition) is 1. The number of likely N-dealkylation sites (N-methyl/N-ethyl adjacent to an activating group) is 2. The van der Waals surface area contributed by atoms with Crippen molar-refractivity contribution in [2.45, 2.75) is 20.8 Å². The van der Waals surface area contributed by atoms with Gasteiger partial charge in [0.25, 0.3) is 0 Å². The van der Waals surface area contributed by atoms with Crippen LogP contribution in [0.1, 0.15) is 84.5 Å². The Morgan fingerprint density at radius 2 is 0.731 bits per heavy atom. The highest BCUT2D eigenvalue weighted by atomic mass is 16.5. The summed E-state index contributed by atoms with van der Waals surface area (Å²) in [6.45, 7) is 22.3. The smallest absolute Gasteiger partial charge is 0.333 e. The molecule has 12 rings (SSSR count). The minimum atomic E-state index is -0.532. The molecule has 470 valence electrons. The molecule has 8 aromatic carbocycles. The Kier molecular flexibility index (Phi) is 20.5. The van der Waals surface area contributed by atoms with Crippen LogP contribution in [0.5, 0.6) is 0 Å². The number of ketones is 4. The molecular weight excluding hydrogens is 1170 g/mol. The van der Waals surface area contributed by atoms with E-state index < -0.39 is 11.9 Å². The maximum absolute atomic E-state index is 13.0. The largest absolute Gasteiger partial charge is 0.458 e. The number of ether oxygens (including phenoxy) is 3. The van der Waals surface area contributed by atoms with Crippen LogP contribution in [0, 0.1) is 0 Å². The molecule has 93 heavy (non-hydrogen) atoms. The first kappa shape index (κ1) is 66.6. The quantitative estimate of drug-likeness (QED) is 0.0374. The van der Waals surface area contributed by atoms with Crippen molar-refractivity contribution in [1.82, 2.24) is 5.32 Å². The second-order valence-electron chi connectivity index (χ2n) is 24.8. The molecule has 0 aromatic heterocycles. The molecule has 1 N–H and O–H groups in total. The Morgan fingerprint density at radius 1 is 0.419 bits per heavy atom. The lowest BCUT2D eigenvalue weighted by atomic mass is 9.87. The van der Waals surface area contributed by atoms with Gasteiger partial charge < -0.3 is 28.5 Å². The maximum Gasteiger partial charge on any atom is 0.333 e. The van der Waals surface area contributed by atoms with Crippen LogP contribution in [0.25, 0.3) is 67.4 Å². The van der Waals surface area contributed by atoms with Crippen LogP contribution in [0.2, 0.25) is 0 Å². The van der Waals surface area contributed by atoms with Gasteiger partial charge in [-0.3, -0.25) is 24.0 Å². The van der Waals surface area contributed by atoms with Crippen LogP contribution < -0.4 is 5.32 Å². The molecule has 14 nitrogen and oxygen atoms in total. The van der Waals surface area contributed by atoms with Crippen LogP contribution in [0.15, 0.2) is 217 Å². The van der Waals surface area contributed by atoms with Crippen molar-refractivity contribution >= 4 is 114 Å². The average molecular weight is 1240 g/mol. The number of carbonyl (C=O) groups excluding carboxylic acids is 8. The van der Waals surface area contributed by atoms with E-state index in [1.54, 1.807) is 39.0 Å². The molecule has 0 saturated carbocycles. The number of benzene rings is 8. The third-order valence-corrected chi connectivity index (χ3v) is 16.3. The second-order valence-corrected chi connectivity index (χ2v) is 24.8. The zero-order chi connectivity index (χ0) is 66.9. The van der Waals surface area contributed by atoms with Crippen LogP contribution in [0.4, 0.5) is 0 Å². The molecule has 0 bridgehead atoms. The predicted octanol–water partition coefficient (Wildman–Crippen LogP) is 13.5. The summed E-state index contributed by atoms with van der Waals surface area (Å²) in [6, 6.07) is 47.0. The van der Waals surface area contributed by atoms with E-state index in [-0.39, 0.29) is 48.2 Å². The first-order chi connectivity index (χ1) is 44.3. The molecule has 8 aromatic rings. The number of nitrogens with one attached hydrogen (secondary N) is 1. The summed E-state index contributed by atoms with van der Waals surface area (Å²) in [5.41, 5.74) is 10.8. The molecule has 14 heteroatoms. The molecule has 0 fully saturated rings. The monoisotopic (exact) mass is 1240 g/mol. The summed E-state index contributed by atoms with van der Waals surface area (Å²) < 4.78 is 16.4. The number of quaternary nitrogens is 2. The highest BCUT2D eigenvalue weighted by Crippen LogP contribution is 2.36. The van der Waals surface area contributed by atoms with Crippen molar-refractivity contribution in [1.29, 1.82) is 0 Å². The fourth-order valence-electron chi connectivity index (χ4n) is 11.6. The van der Waals surface area contributed by atoms with Crippen LogP contribution in [0.3, 0.4) is 0 Å². The lowest BCUT2D eigenvalue weighted by Gasteiger charge is -2.31. The lowest BCUT2D eigenvalue weighted by Crippen LogP contribution is -2.47. The summed E-state index contributed by atoms with van der Waals surface area (Å²) in [5.74, 6) is -1.51. The summed E-state index contributed by atoms with van der Waals surface area (Å²) in [6.07, 6.45) is 8.68. The molecule has 0 radical (unpaired) electrons. The van der Waals surface area contributed by atoms with Crippen molar-refractivity contribution in [3.8, 4) is 0 Å². The Labute approximate surface area is 541 Å². The van der Waals surface area contributed by atoms with Crippen molar-refractivity contribution in [3.63, 3.8) is 0 Å². The minimum Gasteiger partial charge on any atom is -0.458 e. The Hall–Kier alpha value is -10.8. The summed E-state index contributed by atoms with van der Waals surface area (Å²) in [4.78, 5) is 96.6. The molecule has 0 atom stereocenters. The number of nitrogens with zero attached hydrogens (tertiary/aromatic N) is 2. The van der Waals surface area contributed by atoms with E-state index >= 15 is 0 Å². The molecule has 1 amide bonds. The van der Waals surface area contributed by atoms with E-state index in [1.807, 2.05) is 160 Å². The summed E-state index contributed by atoms with van der Waals surface area (Å²) >= 11 is 0. The van der Waals surface area contributed by atoms with Gasteiger partial charge in [-0.1, -0.05) is 172 Å². The number of hydrogen-bond acceptors (Lipinski definition) is 11. The van der Waals surface area contributed by atoms with E-state index in [4.69, 9.17) is 14.2 Å². The van der Waals surface area contributed by atoms with Gasteiger partial charge in [-0.25, -0.2) is 14.4 Å². The van der Waals surface area contributed by atoms with E-state index in [2.05, 4.69) is 51.8 Å². The van der Waals surface area contributed by atoms with Crippen molar-refractivity contribution in [3.05, 3.63) is 262 Å². The molecule has 0 heterocycles. The second kappa shape index (κ2) is 28.6. The van der Waals surface area contributed by atoms with Gasteiger partial charge in [-0.05, 0) is 88.9 Å². The normalized spacial score (nSPS) is 13.3. The number of amides is 1. The van der Waals surface area contributed by atoms with Gasteiger partial charge >= 0.3 is 17.9 Å². The van der Waals surface area contributed by atoms with Crippen molar-refractivity contribution in [2.75, 3.05) is 80.7 Å². The highest BCUT2D eigenvalue weighted by molar-refractivity contribution is 6.26. The molecule has 0 spiro atoms. The topological polar surface area (TPSA) is 176 Å². The van der Waals surface area contributed by atoms with Crippen LogP contribution >= 0.6 is 0 Å². The first-order valence-electron chi connectivity index (χ1n) is 30.5. The molecule has 4 aliphatic carbocycles. The molecule has 0 aliphatic heterocycles. The van der Waals surface area contributed by atoms with Gasteiger partial charge in [0.15, 0.2) is 23.1 Å². The SMILES string of the molecule is C=C(C)C(=O)NCC[N+](C)(C)CC1=Cc2cccc3cccc(c23)C1=O.C=C(C)C(=O)OCC1=Cc2cccc3cccc(c23)C1=O.C=C(C)C(=O)OCC[N+](C)(C)CC1=Cc2cccc3cccc(c23)C1=O.C=CC(=O)OCC1=Cc2cccc3cccc(c23)C1=O. The van der Waals surface area contributed by atoms with E-state index in [0.29, 0.717) is 80.7 Å². The van der Waals surface area contributed by atoms with Gasteiger partial charge in [0.1, 0.15) is 39.5 Å². The molecular formula is C79H75N3O11+2. The standard InChI is InChI=1S/C22H24N2O2.C22H24NO3.C18H14O3.C17H12O3/c1-15(2)22(26)23-11-12-24(3,4)14-18-13-17-9-5-7-16-8-6-10-19(20(16)17)21(18)25;1-15(2)22(25)26-12-11-23(3,4)14-18-13-17-9-5-7-16-8-6-10-19(20(16)17)21(18)24;1-11(2)18(20)21-10-14-9-13-7-3-5-12-6-4-8-15(16(12)13)17(14)19;1-2-15(18)20-10-13-9-12-7-3-5-11-6-4-8-14(16(11)12)17(13)19/h2*5-10,13H,1,11-12,14H2,2-4H3;3-9H,1,10H2,2H3;2-9H,1,10H2/q;+1;;/p+1. The lowest BCUT2D eigenvalue weighted by molar-refractivity contribution is -0.885. The number of rotatable bonds is 18. The average Bonchev–Trinajstić information content (AvgIpc) is 0.802. The van der Waals surface area contributed by atoms with Crippen molar-refractivity contribution in [2.24, 2.45) is 0 Å². The maximum atomic E-state index is 13.0. The van der Waals surface area contributed by atoms with Gasteiger partial charge in [0, 0.05) is 77.7 Å². The zero-order valence-corrected chi connectivity index (χ0v) is 53.6. The van der Waals surface area contributed by atoms with E-state index in [1.165, 1.54) is 0 Å². The third kappa shape index (κ3) is 15.5. The van der Waals surface area contributed by atoms with E-state index in [9.17, 15) is 38.4 Å². The number of carbonyl (C=O) groups is 8. The Bertz CT molecular complexity index is 4450. The number of esters is 3. The zero-order valence-electron chi connectivity index (χ0n) is 53.6. The summed E-state index contributed by atoms with van der Waals surface area (Å²) in [5, 5.41) is 11.1. The number of Topliss-reactive ketones (excluding diaryl/α,β-unsaturated/α-hetero) is 4. The van der Waals surface area contributed by atoms with E-state index in [0.717, 1.165) is 100 Å². The predicted molar refractivity (Wildman–Crippen MR) is 369 cm³/mol. The molecule has 0 saturated heterocycles. The summed E-state index contributed by atoms with van der Waals surface area (Å²) in [7, 11) is 8.21. The Morgan fingerprint density at radius 3 is 1.08 bits per heavy atom. The Balaban J connectivity index is 0.000000147. The van der Waals surface area contributed by atoms with Crippen LogP contribution in [-0.4, -0.2) is 137 Å².